The minimum absolute atomic E-state index is 0.154. The third kappa shape index (κ3) is 7.10. The Kier molecular flexibility index (Phi) is 9.20. The van der Waals surface area contributed by atoms with Gasteiger partial charge in [0.15, 0.2) is 16.6 Å². The first-order chi connectivity index (χ1) is 17.9. The van der Waals surface area contributed by atoms with Crippen molar-refractivity contribution in [2.45, 2.75) is 19.3 Å². The summed E-state index contributed by atoms with van der Waals surface area (Å²) >= 11 is 14.0. The van der Waals surface area contributed by atoms with Crippen LogP contribution >= 0.6 is 46.9 Å². The molecule has 11 heteroatoms. The molecule has 1 fully saturated rings. The van der Waals surface area contributed by atoms with Crippen LogP contribution < -0.4 is 14.8 Å². The summed E-state index contributed by atoms with van der Waals surface area (Å²) in [4.78, 5) is 32.8. The van der Waals surface area contributed by atoms with E-state index in [0.29, 0.717) is 43.8 Å². The number of thiocarbonyl (C=S) groups is 1. The maximum absolute atomic E-state index is 12.9. The number of benzene rings is 2. The fourth-order valence-corrected chi connectivity index (χ4v) is 5.91. The van der Waals surface area contributed by atoms with Crippen LogP contribution in [0.3, 0.4) is 0 Å². The number of nitrogens with one attached hydrogen (secondary N) is 1. The zero-order valence-corrected chi connectivity index (χ0v) is 23.4. The SMILES string of the molecule is COc1ccc(C=C2SC(=S)N(CCCC(=O)Nc3ncc(Cc4ccc(Cl)cc4)s3)C2=O)cc1OC. The molecule has 1 saturated heterocycles. The monoisotopic (exact) mass is 573 g/mol. The summed E-state index contributed by atoms with van der Waals surface area (Å²) in [6.45, 7) is 0.362. The fourth-order valence-electron chi connectivity index (χ4n) is 3.62. The third-order valence-electron chi connectivity index (χ3n) is 5.46. The molecule has 0 bridgehead atoms. The number of nitrogens with zero attached hydrogens (tertiary/aromatic N) is 2. The molecule has 1 aliphatic rings. The van der Waals surface area contributed by atoms with E-state index < -0.39 is 0 Å². The molecule has 0 atom stereocenters. The Hall–Kier alpha value is -2.92. The van der Waals surface area contributed by atoms with Crippen molar-refractivity contribution in [1.82, 2.24) is 9.88 Å². The summed E-state index contributed by atoms with van der Waals surface area (Å²) < 4.78 is 11.1. The van der Waals surface area contributed by atoms with E-state index in [1.54, 1.807) is 38.6 Å². The highest BCUT2D eigenvalue weighted by atomic mass is 35.5. The minimum Gasteiger partial charge on any atom is -0.493 e. The number of methoxy groups -OCH3 is 2. The largest absolute Gasteiger partial charge is 0.493 e. The molecule has 1 aliphatic heterocycles. The molecular weight excluding hydrogens is 550 g/mol. The maximum atomic E-state index is 12.9. The summed E-state index contributed by atoms with van der Waals surface area (Å²) in [5, 5.41) is 4.09. The van der Waals surface area contributed by atoms with Gasteiger partial charge in [0.25, 0.3) is 5.91 Å². The minimum atomic E-state index is -0.169. The molecular formula is C26H24ClN3O4S3. The van der Waals surface area contributed by atoms with Crippen molar-refractivity contribution in [3.63, 3.8) is 0 Å². The quantitative estimate of drug-likeness (QED) is 0.234. The average molecular weight is 574 g/mol. The van der Waals surface area contributed by atoms with Crippen LogP contribution in [-0.2, 0) is 16.0 Å². The molecule has 0 unspecified atom stereocenters. The van der Waals surface area contributed by atoms with Crippen LogP contribution in [0.25, 0.3) is 6.08 Å². The predicted molar refractivity (Wildman–Crippen MR) is 154 cm³/mol. The Morgan fingerprint density at radius 1 is 1.16 bits per heavy atom. The van der Waals surface area contributed by atoms with Gasteiger partial charge in [-0.1, -0.05) is 53.8 Å². The first-order valence-electron chi connectivity index (χ1n) is 11.3. The van der Waals surface area contributed by atoms with E-state index in [1.807, 2.05) is 30.3 Å². The van der Waals surface area contributed by atoms with Crippen molar-refractivity contribution >= 4 is 74.3 Å². The lowest BCUT2D eigenvalue weighted by Gasteiger charge is -2.13. The van der Waals surface area contributed by atoms with Gasteiger partial charge in [-0.05, 0) is 47.9 Å². The average Bonchev–Trinajstić information content (AvgIpc) is 3.43. The zero-order chi connectivity index (χ0) is 26.4. The standard InChI is InChI=1S/C26H24ClN3O4S3/c1-33-20-10-7-17(13-21(20)34-2)14-22-24(32)30(26(35)37-22)11-3-4-23(31)29-25-28-15-19(36-25)12-16-5-8-18(27)9-6-16/h5-10,13-15H,3-4,11-12H2,1-2H3,(H,28,29,31). The number of carbonyl (C=O) groups is 2. The molecule has 0 aliphatic carbocycles. The fraction of sp³-hybridized carbons (Fsp3) is 0.231. The second-order valence-electron chi connectivity index (χ2n) is 8.03. The Morgan fingerprint density at radius 3 is 2.65 bits per heavy atom. The van der Waals surface area contributed by atoms with Gasteiger partial charge in [0.1, 0.15) is 4.32 Å². The van der Waals surface area contributed by atoms with Gasteiger partial charge in [-0.15, -0.1) is 11.3 Å². The van der Waals surface area contributed by atoms with E-state index in [2.05, 4.69) is 10.3 Å². The molecule has 1 N–H and O–H groups in total. The van der Waals surface area contributed by atoms with Gasteiger partial charge in [-0.2, -0.15) is 0 Å². The molecule has 0 saturated carbocycles. The molecule has 2 aromatic carbocycles. The summed E-state index contributed by atoms with van der Waals surface area (Å²) in [5.74, 6) is 0.867. The zero-order valence-electron chi connectivity index (χ0n) is 20.2. The van der Waals surface area contributed by atoms with Crippen molar-refractivity contribution in [2.24, 2.45) is 0 Å². The predicted octanol–water partition coefficient (Wildman–Crippen LogP) is 6.02. The Balaban J connectivity index is 1.27. The number of amides is 2. The first kappa shape index (κ1) is 27.1. The smallest absolute Gasteiger partial charge is 0.266 e. The highest BCUT2D eigenvalue weighted by molar-refractivity contribution is 8.26. The van der Waals surface area contributed by atoms with Crippen LogP contribution in [-0.4, -0.2) is 46.8 Å². The van der Waals surface area contributed by atoms with Crippen LogP contribution in [0, 0.1) is 0 Å². The summed E-state index contributed by atoms with van der Waals surface area (Å²) in [5.41, 5.74) is 1.92. The lowest BCUT2D eigenvalue weighted by atomic mass is 10.1. The Bertz CT molecular complexity index is 1340. The Morgan fingerprint density at radius 2 is 1.92 bits per heavy atom. The molecule has 7 nitrogen and oxygen atoms in total. The number of anilines is 1. The third-order valence-corrected chi connectivity index (χ3v) is 8.00. The van der Waals surface area contributed by atoms with Crippen molar-refractivity contribution in [1.29, 1.82) is 0 Å². The number of hydrogen-bond donors (Lipinski definition) is 1. The molecule has 4 rings (SSSR count). The number of carbonyl (C=O) groups excluding carboxylic acids is 2. The van der Waals surface area contributed by atoms with Crippen molar-refractivity contribution in [3.8, 4) is 11.5 Å². The van der Waals surface area contributed by atoms with Gasteiger partial charge in [-0.3, -0.25) is 14.5 Å². The molecule has 0 radical (unpaired) electrons. The van der Waals surface area contributed by atoms with E-state index in [9.17, 15) is 9.59 Å². The molecule has 2 heterocycles. The number of thioether (sulfide) groups is 1. The van der Waals surface area contributed by atoms with Gasteiger partial charge >= 0.3 is 0 Å². The molecule has 0 spiro atoms. The number of hydrogen-bond acceptors (Lipinski definition) is 8. The van der Waals surface area contributed by atoms with Crippen LogP contribution in [0.5, 0.6) is 11.5 Å². The Labute approximate surface area is 233 Å². The molecule has 1 aromatic heterocycles. The normalized spacial score (nSPS) is 14.4. The number of ether oxygens (including phenoxy) is 2. The second-order valence-corrected chi connectivity index (χ2v) is 11.3. The number of thiazole rings is 1. The number of aromatic nitrogens is 1. The highest BCUT2D eigenvalue weighted by Crippen LogP contribution is 2.35. The van der Waals surface area contributed by atoms with Gasteiger partial charge in [0.2, 0.25) is 5.91 Å². The molecule has 37 heavy (non-hydrogen) atoms. The summed E-state index contributed by atoms with van der Waals surface area (Å²) in [6, 6.07) is 13.1. The molecule has 3 aromatic rings. The van der Waals surface area contributed by atoms with Crippen molar-refractivity contribution < 1.29 is 19.1 Å². The second kappa shape index (κ2) is 12.6. The van der Waals surface area contributed by atoms with E-state index in [4.69, 9.17) is 33.3 Å². The maximum Gasteiger partial charge on any atom is 0.266 e. The topological polar surface area (TPSA) is 80.8 Å². The van der Waals surface area contributed by atoms with E-state index in [0.717, 1.165) is 22.4 Å². The van der Waals surface area contributed by atoms with Crippen LogP contribution in [0.15, 0.2) is 53.6 Å². The highest BCUT2D eigenvalue weighted by Gasteiger charge is 2.31. The summed E-state index contributed by atoms with van der Waals surface area (Å²) in [6.07, 6.45) is 4.98. The van der Waals surface area contributed by atoms with Crippen LogP contribution in [0.2, 0.25) is 5.02 Å². The van der Waals surface area contributed by atoms with Crippen molar-refractivity contribution in [3.05, 3.63) is 74.6 Å². The summed E-state index contributed by atoms with van der Waals surface area (Å²) in [7, 11) is 3.13. The van der Waals surface area contributed by atoms with Gasteiger partial charge in [0, 0.05) is 35.5 Å². The van der Waals surface area contributed by atoms with E-state index in [-0.39, 0.29) is 18.2 Å². The van der Waals surface area contributed by atoms with Crippen molar-refractivity contribution in [2.75, 3.05) is 26.1 Å². The van der Waals surface area contributed by atoms with E-state index >= 15 is 0 Å². The van der Waals surface area contributed by atoms with E-state index in [1.165, 1.54) is 28.0 Å². The molecule has 2 amide bonds. The lowest BCUT2D eigenvalue weighted by molar-refractivity contribution is -0.122. The van der Waals surface area contributed by atoms with Crippen LogP contribution in [0.4, 0.5) is 5.13 Å². The number of halogens is 1. The number of rotatable bonds is 10. The first-order valence-corrected chi connectivity index (χ1v) is 13.7. The van der Waals surface area contributed by atoms with Gasteiger partial charge in [0.05, 0.1) is 19.1 Å². The lowest BCUT2D eigenvalue weighted by Crippen LogP contribution is -2.29. The van der Waals surface area contributed by atoms with Gasteiger partial charge in [-0.25, -0.2) is 4.98 Å². The van der Waals surface area contributed by atoms with Gasteiger partial charge < -0.3 is 14.8 Å². The molecule has 192 valence electrons. The van der Waals surface area contributed by atoms with Crippen LogP contribution in [0.1, 0.15) is 28.8 Å².